The molecule has 1 N–H and O–H groups in total. The van der Waals surface area contributed by atoms with E-state index in [-0.39, 0.29) is 23.6 Å². The number of carbonyl (C=O) groups is 4. The third-order valence-corrected chi connectivity index (χ3v) is 5.07. The molecular formula is C22H23N3O4. The van der Waals surface area contributed by atoms with Gasteiger partial charge in [0.05, 0.1) is 17.7 Å². The maximum atomic E-state index is 12.8. The van der Waals surface area contributed by atoms with Crippen LogP contribution >= 0.6 is 0 Å². The van der Waals surface area contributed by atoms with Crippen LogP contribution in [-0.2, 0) is 9.59 Å². The molecule has 1 unspecified atom stereocenters. The van der Waals surface area contributed by atoms with Crippen molar-refractivity contribution in [3.8, 4) is 0 Å². The molecule has 1 atom stereocenters. The molecule has 3 rings (SSSR count). The average molecular weight is 393 g/mol. The zero-order chi connectivity index (χ0) is 21.3. The zero-order valence-corrected chi connectivity index (χ0v) is 16.9. The van der Waals surface area contributed by atoms with Crippen LogP contribution in [-0.4, -0.2) is 53.1 Å². The number of aryl methyl sites for hydroxylation is 2. The molecule has 1 aliphatic rings. The van der Waals surface area contributed by atoms with Gasteiger partial charge in [-0.3, -0.25) is 24.1 Å². The summed E-state index contributed by atoms with van der Waals surface area (Å²) in [6.07, 6.45) is 0. The minimum absolute atomic E-state index is 0.194. The van der Waals surface area contributed by atoms with Crippen LogP contribution in [0.5, 0.6) is 0 Å². The second-order valence-corrected chi connectivity index (χ2v) is 7.21. The van der Waals surface area contributed by atoms with Crippen LogP contribution in [0.2, 0.25) is 0 Å². The molecule has 1 aliphatic heterocycles. The lowest BCUT2D eigenvalue weighted by Crippen LogP contribution is -2.49. The molecule has 0 bridgehead atoms. The van der Waals surface area contributed by atoms with E-state index in [2.05, 4.69) is 5.32 Å². The predicted octanol–water partition coefficient (Wildman–Crippen LogP) is 2.39. The van der Waals surface area contributed by atoms with Gasteiger partial charge in [-0.1, -0.05) is 30.3 Å². The third-order valence-electron chi connectivity index (χ3n) is 5.07. The van der Waals surface area contributed by atoms with Crippen LogP contribution < -0.4 is 5.32 Å². The Kier molecular flexibility index (Phi) is 5.50. The Bertz CT molecular complexity index is 960. The van der Waals surface area contributed by atoms with Crippen LogP contribution in [0.1, 0.15) is 38.8 Å². The number of fused-ring (bicyclic) bond motifs is 1. The Morgan fingerprint density at radius 2 is 1.48 bits per heavy atom. The van der Waals surface area contributed by atoms with Gasteiger partial charge in [0, 0.05) is 12.7 Å². The summed E-state index contributed by atoms with van der Waals surface area (Å²) in [6.45, 7) is 5.08. The van der Waals surface area contributed by atoms with Crippen molar-refractivity contribution in [1.29, 1.82) is 0 Å². The molecule has 29 heavy (non-hydrogen) atoms. The Labute approximate surface area is 169 Å². The smallest absolute Gasteiger partial charge is 0.262 e. The Morgan fingerprint density at radius 3 is 2.00 bits per heavy atom. The lowest BCUT2D eigenvalue weighted by atomic mass is 10.1. The molecule has 0 fully saturated rings. The van der Waals surface area contributed by atoms with Crippen molar-refractivity contribution < 1.29 is 19.2 Å². The normalized spacial score (nSPS) is 13.9. The maximum absolute atomic E-state index is 12.8. The van der Waals surface area contributed by atoms with E-state index < -0.39 is 23.8 Å². The number of likely N-dealkylation sites (N-methyl/N-ethyl adjacent to an activating group) is 1. The lowest BCUT2D eigenvalue weighted by molar-refractivity contribution is -0.136. The molecule has 0 spiro atoms. The van der Waals surface area contributed by atoms with E-state index in [1.807, 2.05) is 32.0 Å². The highest BCUT2D eigenvalue weighted by Crippen LogP contribution is 2.25. The van der Waals surface area contributed by atoms with Crippen molar-refractivity contribution in [1.82, 2.24) is 9.80 Å². The van der Waals surface area contributed by atoms with Gasteiger partial charge >= 0.3 is 0 Å². The largest absolute Gasteiger partial charge is 0.335 e. The van der Waals surface area contributed by atoms with E-state index in [4.69, 9.17) is 0 Å². The third kappa shape index (κ3) is 3.76. The number of hydrogen-bond acceptors (Lipinski definition) is 4. The second kappa shape index (κ2) is 7.87. The van der Waals surface area contributed by atoms with Crippen LogP contribution in [0.4, 0.5) is 5.69 Å². The van der Waals surface area contributed by atoms with Crippen molar-refractivity contribution in [3.05, 3.63) is 64.7 Å². The predicted molar refractivity (Wildman–Crippen MR) is 109 cm³/mol. The molecule has 2 aromatic carbocycles. The fraction of sp³-hybridized carbons (Fsp3) is 0.273. The van der Waals surface area contributed by atoms with Gasteiger partial charge in [0.25, 0.3) is 11.8 Å². The summed E-state index contributed by atoms with van der Waals surface area (Å²) in [7, 11) is 1.47. The Morgan fingerprint density at radius 1 is 0.966 bits per heavy atom. The van der Waals surface area contributed by atoms with Gasteiger partial charge in [-0.25, -0.2) is 0 Å². The molecule has 0 saturated carbocycles. The van der Waals surface area contributed by atoms with Crippen LogP contribution in [0, 0.1) is 13.8 Å². The topological polar surface area (TPSA) is 86.8 Å². The molecule has 4 amide bonds. The SMILES string of the molecule is Cc1cccc(C)c1NC(=O)CN(C)C(=O)C(C)N1C(=O)c2ccccc2C1=O. The van der Waals surface area contributed by atoms with Gasteiger partial charge in [0.15, 0.2) is 0 Å². The summed E-state index contributed by atoms with van der Waals surface area (Å²) in [5.74, 6) is -1.84. The first-order valence-electron chi connectivity index (χ1n) is 9.30. The highest BCUT2D eigenvalue weighted by Gasteiger charge is 2.41. The van der Waals surface area contributed by atoms with Gasteiger partial charge in [0.2, 0.25) is 11.8 Å². The molecule has 0 aromatic heterocycles. The number of benzene rings is 2. The molecular weight excluding hydrogens is 370 g/mol. The number of hydrogen-bond donors (Lipinski definition) is 1. The Balaban J connectivity index is 1.68. The number of amides is 4. The zero-order valence-electron chi connectivity index (χ0n) is 16.9. The number of nitrogens with zero attached hydrogens (tertiary/aromatic N) is 2. The van der Waals surface area contributed by atoms with Gasteiger partial charge in [-0.15, -0.1) is 0 Å². The molecule has 0 aliphatic carbocycles. The number of carbonyl (C=O) groups excluding carboxylic acids is 4. The summed E-state index contributed by atoms with van der Waals surface area (Å²) in [6, 6.07) is 11.1. The lowest BCUT2D eigenvalue weighted by Gasteiger charge is -2.26. The molecule has 150 valence electrons. The van der Waals surface area contributed by atoms with Crippen LogP contribution in [0.3, 0.4) is 0 Å². The fourth-order valence-corrected chi connectivity index (χ4v) is 3.47. The Hall–Kier alpha value is -3.48. The van der Waals surface area contributed by atoms with Gasteiger partial charge in [0.1, 0.15) is 6.04 Å². The van der Waals surface area contributed by atoms with E-state index >= 15 is 0 Å². The summed E-state index contributed by atoms with van der Waals surface area (Å²) in [5.41, 5.74) is 3.13. The monoisotopic (exact) mass is 393 g/mol. The van der Waals surface area contributed by atoms with Crippen molar-refractivity contribution in [2.75, 3.05) is 18.9 Å². The summed E-state index contributed by atoms with van der Waals surface area (Å²) in [5, 5.41) is 2.82. The van der Waals surface area contributed by atoms with Crippen molar-refractivity contribution in [2.24, 2.45) is 0 Å². The molecule has 0 saturated heterocycles. The summed E-state index contributed by atoms with van der Waals surface area (Å²) >= 11 is 0. The molecule has 7 nitrogen and oxygen atoms in total. The molecule has 2 aromatic rings. The van der Waals surface area contributed by atoms with Crippen LogP contribution in [0.25, 0.3) is 0 Å². The van der Waals surface area contributed by atoms with Crippen LogP contribution in [0.15, 0.2) is 42.5 Å². The minimum Gasteiger partial charge on any atom is -0.335 e. The number of imide groups is 1. The fourth-order valence-electron chi connectivity index (χ4n) is 3.47. The number of anilines is 1. The van der Waals surface area contributed by atoms with Crippen molar-refractivity contribution >= 4 is 29.3 Å². The van der Waals surface area contributed by atoms with Crippen molar-refractivity contribution in [2.45, 2.75) is 26.8 Å². The number of nitrogens with one attached hydrogen (secondary N) is 1. The molecule has 1 heterocycles. The van der Waals surface area contributed by atoms with E-state index in [9.17, 15) is 19.2 Å². The molecule has 0 radical (unpaired) electrons. The minimum atomic E-state index is -1.01. The van der Waals surface area contributed by atoms with Gasteiger partial charge in [-0.2, -0.15) is 0 Å². The maximum Gasteiger partial charge on any atom is 0.262 e. The highest BCUT2D eigenvalue weighted by molar-refractivity contribution is 6.22. The second-order valence-electron chi connectivity index (χ2n) is 7.21. The average Bonchev–Trinajstić information content (AvgIpc) is 2.94. The first kappa shape index (κ1) is 20.3. The van der Waals surface area contributed by atoms with Crippen molar-refractivity contribution in [3.63, 3.8) is 0 Å². The number of para-hydroxylation sites is 1. The van der Waals surface area contributed by atoms with E-state index in [1.165, 1.54) is 18.9 Å². The highest BCUT2D eigenvalue weighted by atomic mass is 16.2. The quantitative estimate of drug-likeness (QED) is 0.791. The van der Waals surface area contributed by atoms with E-state index in [0.29, 0.717) is 5.69 Å². The molecule has 7 heteroatoms. The number of rotatable bonds is 5. The van der Waals surface area contributed by atoms with E-state index in [0.717, 1.165) is 16.0 Å². The van der Waals surface area contributed by atoms with Gasteiger partial charge < -0.3 is 10.2 Å². The standard InChI is InChI=1S/C22H23N3O4/c1-13-8-7-9-14(2)19(13)23-18(26)12-24(4)20(27)15(3)25-21(28)16-10-5-6-11-17(16)22(25)29/h5-11,15H,12H2,1-4H3,(H,23,26). The summed E-state index contributed by atoms with van der Waals surface area (Å²) in [4.78, 5) is 52.5. The first-order chi connectivity index (χ1) is 13.7. The summed E-state index contributed by atoms with van der Waals surface area (Å²) < 4.78 is 0. The first-order valence-corrected chi connectivity index (χ1v) is 9.30. The van der Waals surface area contributed by atoms with Gasteiger partial charge in [-0.05, 0) is 44.0 Å². The van der Waals surface area contributed by atoms with E-state index in [1.54, 1.807) is 24.3 Å².